The van der Waals surface area contributed by atoms with Crippen molar-refractivity contribution in [1.82, 2.24) is 14.5 Å². The summed E-state index contributed by atoms with van der Waals surface area (Å²) in [6.07, 6.45) is 3.43. The summed E-state index contributed by atoms with van der Waals surface area (Å²) in [6.45, 7) is 4.22. The number of aryl methyl sites for hydroxylation is 2. The number of pyridine rings is 2. The Labute approximate surface area is 271 Å². The van der Waals surface area contributed by atoms with Gasteiger partial charge in [-0.25, -0.2) is 4.98 Å². The first-order valence-electron chi connectivity index (χ1n) is 14.7. The fraction of sp³-hybridized carbons (Fsp3) is 0.105. The molecule has 3 heterocycles. The predicted octanol–water partition coefficient (Wildman–Crippen LogP) is 9.34. The zero-order valence-electron chi connectivity index (χ0n) is 24.5. The number of benzene rings is 4. The van der Waals surface area contributed by atoms with Crippen LogP contribution in [0.3, 0.4) is 0 Å². The number of phenols is 1. The van der Waals surface area contributed by atoms with E-state index in [2.05, 4.69) is 82.9 Å². The van der Waals surface area contributed by atoms with Crippen molar-refractivity contribution in [2.45, 2.75) is 26.7 Å². The van der Waals surface area contributed by atoms with Crippen LogP contribution in [-0.4, -0.2) is 19.6 Å². The molecule has 6 heteroatoms. The summed E-state index contributed by atoms with van der Waals surface area (Å²) >= 11 is 0. The standard InChI is InChI=1S/C38H31N4O.Pt/c1-3-26-23-27(4-2)37(43)35(24-26)42-34-18-9-8-17-31(34)32-20-21-33(40-38(32)42)28-13-12-16-30(25-28)41(29-14-6-5-7-15-29)36-19-10-11-22-39-36;/h5-24,43H,3-4H2,1-2H3;/q-1;. The van der Waals surface area contributed by atoms with Crippen LogP contribution in [0.4, 0.5) is 17.2 Å². The van der Waals surface area contributed by atoms with Gasteiger partial charge in [0.1, 0.15) is 17.2 Å². The van der Waals surface area contributed by atoms with Gasteiger partial charge in [0, 0.05) is 43.7 Å². The van der Waals surface area contributed by atoms with Crippen LogP contribution in [0.15, 0.2) is 121 Å². The van der Waals surface area contributed by atoms with Crippen molar-refractivity contribution in [3.8, 4) is 22.7 Å². The van der Waals surface area contributed by atoms with Gasteiger partial charge in [-0.15, -0.1) is 29.8 Å². The van der Waals surface area contributed by atoms with E-state index in [4.69, 9.17) is 4.98 Å². The van der Waals surface area contributed by atoms with Gasteiger partial charge in [0.05, 0.1) is 11.2 Å². The molecule has 44 heavy (non-hydrogen) atoms. The zero-order valence-corrected chi connectivity index (χ0v) is 26.8. The third kappa shape index (κ3) is 5.18. The molecule has 0 bridgehead atoms. The van der Waals surface area contributed by atoms with Gasteiger partial charge < -0.3 is 10.0 Å². The third-order valence-corrected chi connectivity index (χ3v) is 7.97. The van der Waals surface area contributed by atoms with Gasteiger partial charge in [-0.05, 0) is 71.7 Å². The van der Waals surface area contributed by atoms with Crippen molar-refractivity contribution in [1.29, 1.82) is 0 Å². The average Bonchev–Trinajstić information content (AvgIpc) is 3.40. The Balaban J connectivity index is 0.00000343. The summed E-state index contributed by atoms with van der Waals surface area (Å²) in [5, 5.41) is 13.6. The van der Waals surface area contributed by atoms with Crippen molar-refractivity contribution in [3.05, 3.63) is 139 Å². The maximum Gasteiger partial charge on any atom is 0.142 e. The number of para-hydroxylation sites is 2. The molecule has 3 aromatic heterocycles. The number of rotatable bonds is 7. The van der Waals surface area contributed by atoms with Gasteiger partial charge in [0.2, 0.25) is 0 Å². The number of aromatic hydroxyl groups is 1. The van der Waals surface area contributed by atoms with E-state index in [1.165, 1.54) is 5.56 Å². The van der Waals surface area contributed by atoms with E-state index in [0.717, 1.165) is 74.5 Å². The van der Waals surface area contributed by atoms with Gasteiger partial charge in [-0.2, -0.15) is 0 Å². The van der Waals surface area contributed by atoms with Crippen LogP contribution in [0.2, 0.25) is 0 Å². The molecular formula is C38H31N4OPt-. The summed E-state index contributed by atoms with van der Waals surface area (Å²) in [5.41, 5.74) is 8.22. The Kier molecular flexibility index (Phi) is 8.32. The molecule has 0 saturated carbocycles. The van der Waals surface area contributed by atoms with Crippen LogP contribution < -0.4 is 4.90 Å². The minimum absolute atomic E-state index is 0. The van der Waals surface area contributed by atoms with E-state index in [0.29, 0.717) is 5.75 Å². The van der Waals surface area contributed by atoms with Crippen LogP contribution in [0.5, 0.6) is 5.75 Å². The molecule has 0 aliphatic heterocycles. The Hall–Kier alpha value is -4.73. The van der Waals surface area contributed by atoms with Crippen LogP contribution >= 0.6 is 0 Å². The van der Waals surface area contributed by atoms with Crippen molar-refractivity contribution in [2.75, 3.05) is 4.90 Å². The van der Waals surface area contributed by atoms with E-state index in [9.17, 15) is 5.11 Å². The number of phenolic OH excluding ortho intramolecular Hbond substituents is 1. The molecule has 0 aliphatic rings. The zero-order chi connectivity index (χ0) is 29.3. The second kappa shape index (κ2) is 12.5. The Morgan fingerprint density at radius 1 is 0.773 bits per heavy atom. The van der Waals surface area contributed by atoms with Gasteiger partial charge >= 0.3 is 0 Å². The van der Waals surface area contributed by atoms with Crippen LogP contribution in [0.25, 0.3) is 38.9 Å². The number of hydrogen-bond acceptors (Lipinski definition) is 4. The summed E-state index contributed by atoms with van der Waals surface area (Å²) in [7, 11) is 0. The van der Waals surface area contributed by atoms with Gasteiger partial charge in [0.15, 0.2) is 0 Å². The minimum Gasteiger partial charge on any atom is -0.505 e. The minimum atomic E-state index is 0. The van der Waals surface area contributed by atoms with Crippen molar-refractivity contribution in [3.63, 3.8) is 0 Å². The van der Waals surface area contributed by atoms with Crippen LogP contribution in [0.1, 0.15) is 25.0 Å². The maximum absolute atomic E-state index is 11.4. The molecule has 0 fully saturated rings. The first-order valence-corrected chi connectivity index (χ1v) is 14.7. The molecular weight excluding hydrogens is 724 g/mol. The van der Waals surface area contributed by atoms with E-state index in [1.807, 2.05) is 66.7 Å². The predicted molar refractivity (Wildman–Crippen MR) is 176 cm³/mol. The first kappa shape index (κ1) is 29.3. The van der Waals surface area contributed by atoms with Crippen LogP contribution in [-0.2, 0) is 33.9 Å². The van der Waals surface area contributed by atoms with E-state index < -0.39 is 0 Å². The Bertz CT molecular complexity index is 2030. The fourth-order valence-electron chi connectivity index (χ4n) is 5.81. The van der Waals surface area contributed by atoms with Crippen molar-refractivity contribution >= 4 is 39.1 Å². The Morgan fingerprint density at radius 3 is 2.34 bits per heavy atom. The van der Waals surface area contributed by atoms with Gasteiger partial charge in [-0.1, -0.05) is 74.5 Å². The molecule has 5 nitrogen and oxygen atoms in total. The van der Waals surface area contributed by atoms with Crippen LogP contribution in [0, 0.1) is 6.07 Å². The molecule has 0 aliphatic carbocycles. The molecule has 0 radical (unpaired) electrons. The average molecular weight is 755 g/mol. The molecule has 220 valence electrons. The maximum atomic E-state index is 11.4. The molecule has 7 rings (SSSR count). The summed E-state index contributed by atoms with van der Waals surface area (Å²) in [5.74, 6) is 1.11. The summed E-state index contributed by atoms with van der Waals surface area (Å²) < 4.78 is 2.11. The molecule has 0 unspecified atom stereocenters. The molecule has 4 aromatic carbocycles. The van der Waals surface area contributed by atoms with Crippen molar-refractivity contribution < 1.29 is 26.2 Å². The molecule has 7 aromatic rings. The topological polar surface area (TPSA) is 54.2 Å². The molecule has 0 amide bonds. The number of hydrogen-bond donors (Lipinski definition) is 1. The number of aromatic nitrogens is 3. The monoisotopic (exact) mass is 754 g/mol. The van der Waals surface area contributed by atoms with E-state index >= 15 is 0 Å². The van der Waals surface area contributed by atoms with Gasteiger partial charge in [-0.3, -0.25) is 9.55 Å². The Morgan fingerprint density at radius 2 is 1.57 bits per heavy atom. The fourth-order valence-corrected chi connectivity index (χ4v) is 5.81. The molecule has 0 spiro atoms. The second-order valence-corrected chi connectivity index (χ2v) is 10.6. The van der Waals surface area contributed by atoms with Crippen molar-refractivity contribution in [2.24, 2.45) is 0 Å². The molecule has 1 N–H and O–H groups in total. The largest absolute Gasteiger partial charge is 0.505 e. The van der Waals surface area contributed by atoms with E-state index in [-0.39, 0.29) is 21.1 Å². The molecule has 0 atom stereocenters. The third-order valence-electron chi connectivity index (χ3n) is 7.97. The molecule has 0 saturated heterocycles. The van der Waals surface area contributed by atoms with Gasteiger partial charge in [0.25, 0.3) is 0 Å². The summed E-state index contributed by atoms with van der Waals surface area (Å²) in [6, 6.07) is 42.5. The second-order valence-electron chi connectivity index (χ2n) is 10.6. The first-order chi connectivity index (χ1) is 21.2. The SMILES string of the molecule is CCc1cc(CC)c(O)c(-n2c3ccccc3c3ccc(-c4[c-]c(N(c5ccccc5)c5ccccn5)ccc4)nc32)c1.[Pt]. The van der Waals surface area contributed by atoms with E-state index in [1.54, 1.807) is 6.20 Å². The number of fused-ring (bicyclic) bond motifs is 3. The summed E-state index contributed by atoms with van der Waals surface area (Å²) in [4.78, 5) is 12.0. The smallest absolute Gasteiger partial charge is 0.142 e. The normalized spacial score (nSPS) is 11.0. The quantitative estimate of drug-likeness (QED) is 0.165. The number of anilines is 3. The number of nitrogens with zero attached hydrogens (tertiary/aromatic N) is 4.